The van der Waals surface area contributed by atoms with Crippen LogP contribution in [-0.2, 0) is 11.3 Å². The number of ether oxygens (including phenoxy) is 1. The number of nitrogens with one attached hydrogen (secondary N) is 2. The predicted octanol–water partition coefficient (Wildman–Crippen LogP) is 2.74. The first-order chi connectivity index (χ1) is 9.52. The average molecular weight is 299 g/mol. The molecule has 0 aliphatic heterocycles. The zero-order valence-corrected chi connectivity index (χ0v) is 13.1. The van der Waals surface area contributed by atoms with Gasteiger partial charge in [-0.2, -0.15) is 0 Å². The van der Waals surface area contributed by atoms with Crippen molar-refractivity contribution in [3.05, 3.63) is 28.8 Å². The van der Waals surface area contributed by atoms with E-state index < -0.39 is 0 Å². The molecule has 4 nitrogen and oxygen atoms in total. The Morgan fingerprint density at radius 2 is 2.15 bits per heavy atom. The predicted molar refractivity (Wildman–Crippen MR) is 82.2 cm³/mol. The first kappa shape index (κ1) is 16.8. The SMILES string of the molecule is CCNCc1cc(Cl)ccc1OCCC(=O)NC(C)C. The number of rotatable bonds is 8. The summed E-state index contributed by atoms with van der Waals surface area (Å²) in [4.78, 5) is 11.5. The van der Waals surface area contributed by atoms with Gasteiger partial charge in [0.1, 0.15) is 5.75 Å². The van der Waals surface area contributed by atoms with E-state index in [-0.39, 0.29) is 11.9 Å². The highest BCUT2D eigenvalue weighted by Gasteiger charge is 2.07. The van der Waals surface area contributed by atoms with Crippen molar-refractivity contribution in [2.75, 3.05) is 13.2 Å². The fraction of sp³-hybridized carbons (Fsp3) is 0.533. The van der Waals surface area contributed by atoms with E-state index in [2.05, 4.69) is 10.6 Å². The number of carbonyl (C=O) groups excluding carboxylic acids is 1. The maximum Gasteiger partial charge on any atom is 0.223 e. The molecule has 112 valence electrons. The highest BCUT2D eigenvalue weighted by Crippen LogP contribution is 2.23. The monoisotopic (exact) mass is 298 g/mol. The molecule has 0 unspecified atom stereocenters. The minimum Gasteiger partial charge on any atom is -0.493 e. The van der Waals surface area contributed by atoms with Crippen LogP contribution in [0.15, 0.2) is 18.2 Å². The Morgan fingerprint density at radius 1 is 1.40 bits per heavy atom. The van der Waals surface area contributed by atoms with Crippen LogP contribution in [0.3, 0.4) is 0 Å². The lowest BCUT2D eigenvalue weighted by molar-refractivity contribution is -0.122. The normalized spacial score (nSPS) is 10.7. The third-order valence-electron chi connectivity index (χ3n) is 2.62. The van der Waals surface area contributed by atoms with Crippen molar-refractivity contribution in [2.24, 2.45) is 0 Å². The smallest absolute Gasteiger partial charge is 0.223 e. The number of hydrogen-bond acceptors (Lipinski definition) is 3. The summed E-state index contributed by atoms with van der Waals surface area (Å²) in [7, 11) is 0. The summed E-state index contributed by atoms with van der Waals surface area (Å²) >= 11 is 5.99. The van der Waals surface area contributed by atoms with Crippen molar-refractivity contribution in [1.29, 1.82) is 0 Å². The van der Waals surface area contributed by atoms with Gasteiger partial charge in [-0.1, -0.05) is 18.5 Å². The van der Waals surface area contributed by atoms with Gasteiger partial charge in [-0.15, -0.1) is 0 Å². The van der Waals surface area contributed by atoms with Crippen molar-refractivity contribution in [3.8, 4) is 5.75 Å². The van der Waals surface area contributed by atoms with Crippen molar-refractivity contribution < 1.29 is 9.53 Å². The molecule has 0 spiro atoms. The molecular formula is C15H23ClN2O2. The van der Waals surface area contributed by atoms with Crippen LogP contribution in [0.1, 0.15) is 32.8 Å². The molecule has 2 N–H and O–H groups in total. The molecule has 0 heterocycles. The molecule has 1 amide bonds. The van der Waals surface area contributed by atoms with Gasteiger partial charge in [-0.05, 0) is 38.6 Å². The second kappa shape index (κ2) is 8.82. The molecule has 1 aromatic rings. The number of amides is 1. The largest absolute Gasteiger partial charge is 0.493 e. The van der Waals surface area contributed by atoms with Crippen LogP contribution in [0.25, 0.3) is 0 Å². The molecule has 0 bridgehead atoms. The molecule has 0 atom stereocenters. The van der Waals surface area contributed by atoms with Gasteiger partial charge in [0, 0.05) is 23.2 Å². The topological polar surface area (TPSA) is 50.4 Å². The van der Waals surface area contributed by atoms with Gasteiger partial charge in [0.15, 0.2) is 0 Å². The summed E-state index contributed by atoms with van der Waals surface area (Å²) < 4.78 is 5.68. The molecular weight excluding hydrogens is 276 g/mol. The van der Waals surface area contributed by atoms with E-state index in [1.54, 1.807) is 6.07 Å². The van der Waals surface area contributed by atoms with Crippen molar-refractivity contribution in [2.45, 2.75) is 39.8 Å². The number of carbonyl (C=O) groups is 1. The maximum absolute atomic E-state index is 11.5. The first-order valence-corrected chi connectivity index (χ1v) is 7.32. The standard InChI is InChI=1S/C15H23ClN2O2/c1-4-17-10-12-9-13(16)5-6-14(12)20-8-7-15(19)18-11(2)3/h5-6,9,11,17H,4,7-8,10H2,1-3H3,(H,18,19). The third kappa shape index (κ3) is 6.26. The quantitative estimate of drug-likeness (QED) is 0.776. The minimum absolute atomic E-state index is 0.00203. The van der Waals surface area contributed by atoms with Crippen molar-refractivity contribution in [3.63, 3.8) is 0 Å². The van der Waals surface area contributed by atoms with E-state index in [1.807, 2.05) is 32.9 Å². The van der Waals surface area contributed by atoms with Crippen LogP contribution in [-0.4, -0.2) is 25.1 Å². The van der Waals surface area contributed by atoms with Gasteiger partial charge in [-0.25, -0.2) is 0 Å². The molecule has 5 heteroatoms. The van der Waals surface area contributed by atoms with E-state index in [4.69, 9.17) is 16.3 Å². The van der Waals surface area contributed by atoms with E-state index >= 15 is 0 Å². The van der Waals surface area contributed by atoms with Crippen molar-refractivity contribution in [1.82, 2.24) is 10.6 Å². The molecule has 0 aromatic heterocycles. The van der Waals surface area contributed by atoms with Gasteiger partial charge in [0.2, 0.25) is 5.91 Å². The fourth-order valence-corrected chi connectivity index (χ4v) is 1.93. The summed E-state index contributed by atoms with van der Waals surface area (Å²) in [5.41, 5.74) is 1.00. The molecule has 1 aromatic carbocycles. The Kier molecular flexibility index (Phi) is 7.41. The Balaban J connectivity index is 2.52. The molecule has 0 aliphatic rings. The molecule has 0 saturated heterocycles. The summed E-state index contributed by atoms with van der Waals surface area (Å²) in [5.74, 6) is 0.773. The minimum atomic E-state index is 0.00203. The highest BCUT2D eigenvalue weighted by molar-refractivity contribution is 6.30. The van der Waals surface area contributed by atoms with Gasteiger partial charge in [0.25, 0.3) is 0 Å². The van der Waals surface area contributed by atoms with E-state index in [9.17, 15) is 4.79 Å². The van der Waals surface area contributed by atoms with Gasteiger partial charge in [0.05, 0.1) is 13.0 Å². The van der Waals surface area contributed by atoms with E-state index in [0.717, 1.165) is 17.9 Å². The Morgan fingerprint density at radius 3 is 2.80 bits per heavy atom. The van der Waals surface area contributed by atoms with Crippen LogP contribution in [0, 0.1) is 0 Å². The van der Waals surface area contributed by atoms with Crippen molar-refractivity contribution >= 4 is 17.5 Å². The highest BCUT2D eigenvalue weighted by atomic mass is 35.5. The van der Waals surface area contributed by atoms with Crippen LogP contribution in [0.4, 0.5) is 0 Å². The molecule has 0 fully saturated rings. The maximum atomic E-state index is 11.5. The molecule has 0 saturated carbocycles. The Labute approximate surface area is 125 Å². The fourth-order valence-electron chi connectivity index (χ4n) is 1.73. The van der Waals surface area contributed by atoms with E-state index in [1.165, 1.54) is 0 Å². The van der Waals surface area contributed by atoms with Gasteiger partial charge < -0.3 is 15.4 Å². The van der Waals surface area contributed by atoms with Crippen LogP contribution < -0.4 is 15.4 Å². The summed E-state index contributed by atoms with van der Waals surface area (Å²) in [6.45, 7) is 7.85. The zero-order valence-electron chi connectivity index (χ0n) is 12.3. The van der Waals surface area contributed by atoms with Gasteiger partial charge >= 0.3 is 0 Å². The average Bonchev–Trinajstić information content (AvgIpc) is 2.37. The summed E-state index contributed by atoms with van der Waals surface area (Å²) in [6, 6.07) is 5.67. The van der Waals surface area contributed by atoms with Gasteiger partial charge in [-0.3, -0.25) is 4.79 Å². The second-order valence-electron chi connectivity index (χ2n) is 4.85. The zero-order chi connectivity index (χ0) is 15.0. The number of halogens is 1. The van der Waals surface area contributed by atoms with Crippen LogP contribution >= 0.6 is 11.6 Å². The lowest BCUT2D eigenvalue weighted by atomic mass is 10.2. The summed E-state index contributed by atoms with van der Waals surface area (Å²) in [5, 5.41) is 6.76. The second-order valence-corrected chi connectivity index (χ2v) is 5.29. The molecule has 0 radical (unpaired) electrons. The Hall–Kier alpha value is -1.26. The number of hydrogen-bond donors (Lipinski definition) is 2. The lowest BCUT2D eigenvalue weighted by Crippen LogP contribution is -2.31. The van der Waals surface area contributed by atoms with Crippen LogP contribution in [0.2, 0.25) is 5.02 Å². The first-order valence-electron chi connectivity index (χ1n) is 6.94. The lowest BCUT2D eigenvalue weighted by Gasteiger charge is -2.13. The van der Waals surface area contributed by atoms with E-state index in [0.29, 0.717) is 24.6 Å². The molecule has 0 aliphatic carbocycles. The summed E-state index contributed by atoms with van der Waals surface area (Å²) in [6.07, 6.45) is 0.349. The van der Waals surface area contributed by atoms with Crippen LogP contribution in [0.5, 0.6) is 5.75 Å². The molecule has 20 heavy (non-hydrogen) atoms. The molecule has 1 rings (SSSR count). The Bertz CT molecular complexity index is 436. The third-order valence-corrected chi connectivity index (χ3v) is 2.86. The number of benzene rings is 1.